The Kier molecular flexibility index (Phi) is 5.67. The van der Waals surface area contributed by atoms with Gasteiger partial charge in [0, 0.05) is 16.9 Å². The Labute approximate surface area is 165 Å². The Morgan fingerprint density at radius 1 is 1.11 bits per heavy atom. The molecule has 0 aromatic heterocycles. The van der Waals surface area contributed by atoms with Crippen LogP contribution in [0.15, 0.2) is 35.4 Å². The number of esters is 1. The molecule has 8 nitrogen and oxygen atoms in total. The number of ether oxygens (including phenoxy) is 2. The van der Waals surface area contributed by atoms with E-state index in [2.05, 4.69) is 15.3 Å². The quantitative estimate of drug-likeness (QED) is 0.351. The van der Waals surface area contributed by atoms with Crippen LogP contribution in [0, 0.1) is 0 Å². The van der Waals surface area contributed by atoms with Crippen LogP contribution in [0.3, 0.4) is 0 Å². The Balaban J connectivity index is 2.47. The average molecular weight is 388 g/mol. The summed E-state index contributed by atoms with van der Waals surface area (Å²) in [7, 11) is 0. The van der Waals surface area contributed by atoms with E-state index in [1.807, 2.05) is 30.3 Å². The van der Waals surface area contributed by atoms with Crippen molar-refractivity contribution in [3.05, 3.63) is 46.3 Å². The molecular weight excluding hydrogens is 360 g/mol. The van der Waals surface area contributed by atoms with Crippen LogP contribution >= 0.6 is 0 Å². The minimum Gasteiger partial charge on any atom is -0.458 e. The van der Waals surface area contributed by atoms with Crippen molar-refractivity contribution in [2.45, 2.75) is 70.1 Å². The molecule has 0 bridgehead atoms. The van der Waals surface area contributed by atoms with E-state index in [1.54, 1.807) is 41.5 Å². The second-order valence-corrected chi connectivity index (χ2v) is 9.05. The zero-order valence-corrected chi connectivity index (χ0v) is 17.3. The fourth-order valence-corrected chi connectivity index (χ4v) is 3.27. The summed E-state index contributed by atoms with van der Waals surface area (Å²) in [6, 6.07) is 9.20. The first-order chi connectivity index (χ1) is 12.9. The summed E-state index contributed by atoms with van der Waals surface area (Å²) in [5.74, 6) is -0.581. The summed E-state index contributed by atoms with van der Waals surface area (Å²) >= 11 is 0. The molecule has 1 N–H and O–H groups in total. The van der Waals surface area contributed by atoms with Crippen LogP contribution in [0.2, 0.25) is 0 Å². The van der Waals surface area contributed by atoms with Crippen LogP contribution in [-0.4, -0.2) is 35.3 Å². The number of alkyl carbamates (subject to hydrolysis) is 1. The molecule has 8 heteroatoms. The predicted molar refractivity (Wildman–Crippen MR) is 105 cm³/mol. The molecule has 28 heavy (non-hydrogen) atoms. The Morgan fingerprint density at radius 2 is 1.68 bits per heavy atom. The van der Waals surface area contributed by atoms with Gasteiger partial charge in [0.1, 0.15) is 11.2 Å². The molecule has 0 spiro atoms. The van der Waals surface area contributed by atoms with E-state index in [9.17, 15) is 9.59 Å². The Bertz CT molecular complexity index is 791. The van der Waals surface area contributed by atoms with Gasteiger partial charge in [-0.15, -0.1) is 0 Å². The van der Waals surface area contributed by atoms with Gasteiger partial charge in [0.15, 0.2) is 5.54 Å². The van der Waals surface area contributed by atoms with Crippen LogP contribution in [0.1, 0.15) is 53.5 Å². The average Bonchev–Trinajstić information content (AvgIpc) is 3.20. The van der Waals surface area contributed by atoms with E-state index in [0.717, 1.165) is 5.56 Å². The van der Waals surface area contributed by atoms with Crippen LogP contribution in [0.25, 0.3) is 10.4 Å². The van der Waals surface area contributed by atoms with Crippen molar-refractivity contribution in [1.82, 2.24) is 5.32 Å². The van der Waals surface area contributed by atoms with Crippen LogP contribution in [0.5, 0.6) is 0 Å². The molecule has 2 rings (SSSR count). The maximum absolute atomic E-state index is 13.2. The minimum absolute atomic E-state index is 0.00253. The molecule has 0 heterocycles. The molecule has 2 atom stereocenters. The second-order valence-electron chi connectivity index (χ2n) is 9.05. The van der Waals surface area contributed by atoms with Gasteiger partial charge in [-0.3, -0.25) is 0 Å². The molecular formula is C20H28N4O4. The second kappa shape index (κ2) is 7.36. The lowest BCUT2D eigenvalue weighted by atomic mass is 9.90. The van der Waals surface area contributed by atoms with Gasteiger partial charge in [0.25, 0.3) is 0 Å². The summed E-state index contributed by atoms with van der Waals surface area (Å²) in [5.41, 5.74) is 5.89. The molecule has 1 saturated carbocycles. The van der Waals surface area contributed by atoms with Crippen molar-refractivity contribution < 1.29 is 19.1 Å². The number of nitrogens with zero attached hydrogens (tertiary/aromatic N) is 3. The van der Waals surface area contributed by atoms with E-state index in [0.29, 0.717) is 0 Å². The predicted octanol–water partition coefficient (Wildman–Crippen LogP) is 4.24. The first kappa shape index (κ1) is 21.6. The fourth-order valence-electron chi connectivity index (χ4n) is 3.27. The SMILES string of the molecule is CC(C)(C)OC(=O)N[C@]1(C(=O)OC(C)(C)C)C[C@@]1(CN=[N+]=[N-])c1ccccc1. The third-order valence-corrected chi connectivity index (χ3v) is 4.45. The van der Waals surface area contributed by atoms with Gasteiger partial charge in [-0.25, -0.2) is 9.59 Å². The molecule has 1 aliphatic rings. The van der Waals surface area contributed by atoms with Crippen molar-refractivity contribution in [3.63, 3.8) is 0 Å². The highest BCUT2D eigenvalue weighted by molar-refractivity contribution is 5.93. The van der Waals surface area contributed by atoms with Crippen LogP contribution in [0.4, 0.5) is 4.79 Å². The molecule has 1 aliphatic carbocycles. The van der Waals surface area contributed by atoms with Gasteiger partial charge in [0.2, 0.25) is 0 Å². The van der Waals surface area contributed by atoms with Crippen molar-refractivity contribution in [2.75, 3.05) is 6.54 Å². The highest BCUT2D eigenvalue weighted by Gasteiger charge is 2.75. The van der Waals surface area contributed by atoms with E-state index in [4.69, 9.17) is 15.0 Å². The number of azide groups is 1. The minimum atomic E-state index is -1.38. The molecule has 1 aromatic rings. The van der Waals surface area contributed by atoms with Crippen LogP contribution < -0.4 is 5.32 Å². The van der Waals surface area contributed by atoms with Gasteiger partial charge >= 0.3 is 12.1 Å². The highest BCUT2D eigenvalue weighted by atomic mass is 16.6. The van der Waals surface area contributed by atoms with Gasteiger partial charge in [-0.2, -0.15) is 0 Å². The maximum Gasteiger partial charge on any atom is 0.408 e. The zero-order valence-electron chi connectivity index (χ0n) is 17.3. The first-order valence-electron chi connectivity index (χ1n) is 9.16. The summed E-state index contributed by atoms with van der Waals surface area (Å²) < 4.78 is 11.0. The Morgan fingerprint density at radius 3 is 2.18 bits per heavy atom. The number of carbonyl (C=O) groups is 2. The number of benzene rings is 1. The number of carbonyl (C=O) groups excluding carboxylic acids is 2. The smallest absolute Gasteiger partial charge is 0.408 e. The number of hydrogen-bond donors (Lipinski definition) is 1. The van der Waals surface area contributed by atoms with Gasteiger partial charge < -0.3 is 14.8 Å². The third-order valence-electron chi connectivity index (χ3n) is 4.45. The van der Waals surface area contributed by atoms with Crippen molar-refractivity contribution in [3.8, 4) is 0 Å². The molecule has 0 unspecified atom stereocenters. The number of rotatable bonds is 5. The number of hydrogen-bond acceptors (Lipinski definition) is 5. The normalized spacial score (nSPS) is 23.9. The number of nitrogens with one attached hydrogen (secondary N) is 1. The molecule has 152 valence electrons. The maximum atomic E-state index is 13.2. The van der Waals surface area contributed by atoms with Gasteiger partial charge in [-0.05, 0) is 59.1 Å². The summed E-state index contributed by atoms with van der Waals surface area (Å²) in [6.07, 6.45) is -0.478. The first-order valence-corrected chi connectivity index (χ1v) is 9.16. The molecule has 0 aliphatic heterocycles. The van der Waals surface area contributed by atoms with Gasteiger partial charge in [0.05, 0.1) is 0 Å². The monoisotopic (exact) mass is 388 g/mol. The summed E-state index contributed by atoms with van der Waals surface area (Å²) in [4.78, 5) is 28.6. The lowest BCUT2D eigenvalue weighted by Gasteiger charge is -2.30. The third kappa shape index (κ3) is 4.57. The van der Waals surface area contributed by atoms with Crippen molar-refractivity contribution >= 4 is 12.1 Å². The Hall–Kier alpha value is -2.73. The van der Waals surface area contributed by atoms with Crippen molar-refractivity contribution in [1.29, 1.82) is 0 Å². The molecule has 1 aromatic carbocycles. The molecule has 1 fully saturated rings. The molecule has 1 amide bonds. The molecule has 0 radical (unpaired) electrons. The zero-order chi connectivity index (χ0) is 21.2. The topological polar surface area (TPSA) is 113 Å². The summed E-state index contributed by atoms with van der Waals surface area (Å²) in [6.45, 7) is 10.5. The van der Waals surface area contributed by atoms with Crippen LogP contribution in [-0.2, 0) is 19.7 Å². The van der Waals surface area contributed by atoms with Crippen molar-refractivity contribution in [2.24, 2.45) is 5.11 Å². The fraction of sp³-hybridized carbons (Fsp3) is 0.600. The largest absolute Gasteiger partial charge is 0.458 e. The van der Waals surface area contributed by atoms with E-state index >= 15 is 0 Å². The lowest BCUT2D eigenvalue weighted by molar-refractivity contribution is -0.159. The molecule has 0 saturated heterocycles. The van der Waals surface area contributed by atoms with E-state index < -0.39 is 34.2 Å². The van der Waals surface area contributed by atoms with Gasteiger partial charge in [-0.1, -0.05) is 35.4 Å². The summed E-state index contributed by atoms with van der Waals surface area (Å²) in [5, 5.41) is 6.44. The van der Waals surface area contributed by atoms with E-state index in [-0.39, 0.29) is 13.0 Å². The number of amides is 1. The lowest BCUT2D eigenvalue weighted by Crippen LogP contribution is -2.53. The van der Waals surface area contributed by atoms with E-state index in [1.165, 1.54) is 0 Å². The highest BCUT2D eigenvalue weighted by Crippen LogP contribution is 2.59. The standard InChI is InChI=1S/C20H28N4O4/c1-17(2,3)27-15(25)20(23-16(26)28-18(4,5)6)12-19(20,13-22-24-21)14-10-8-7-9-11-14/h7-11H,12-13H2,1-6H3,(H,23,26)/t19-,20+/m1/s1.